The van der Waals surface area contributed by atoms with Crippen LogP contribution in [0.25, 0.3) is 10.9 Å². The standard InChI is InChI=1S/C17H17N3/c1-2-4-15-12(3-1)6-8-17(20-15)19-14-7-5-13-9-10-18-16(13)11-14/h5-11,18H,1-4H2,(H,19,20). The van der Waals surface area contributed by atoms with E-state index in [4.69, 9.17) is 4.98 Å². The molecule has 2 N–H and O–H groups in total. The SMILES string of the molecule is c1cc2ccc(Nc3ccc4c(n3)CCCC4)cc2[nH]1. The van der Waals surface area contributed by atoms with Crippen molar-refractivity contribution in [3.8, 4) is 0 Å². The number of pyridine rings is 1. The number of aryl methyl sites for hydroxylation is 2. The average Bonchev–Trinajstić information content (AvgIpc) is 2.95. The molecule has 1 aliphatic carbocycles. The zero-order valence-corrected chi connectivity index (χ0v) is 11.3. The molecule has 0 saturated heterocycles. The van der Waals surface area contributed by atoms with E-state index in [0.717, 1.165) is 23.4 Å². The number of hydrogen-bond acceptors (Lipinski definition) is 2. The number of aromatic nitrogens is 2. The Bertz CT molecular complexity index is 758. The van der Waals surface area contributed by atoms with Gasteiger partial charge in [0.05, 0.1) is 0 Å². The lowest BCUT2D eigenvalue weighted by molar-refractivity contribution is 0.669. The normalized spacial score (nSPS) is 14.2. The number of aromatic amines is 1. The van der Waals surface area contributed by atoms with E-state index in [-0.39, 0.29) is 0 Å². The summed E-state index contributed by atoms with van der Waals surface area (Å²) in [5.41, 5.74) is 4.90. The van der Waals surface area contributed by atoms with Crippen LogP contribution < -0.4 is 5.32 Å². The lowest BCUT2D eigenvalue weighted by Gasteiger charge is -2.16. The van der Waals surface area contributed by atoms with Gasteiger partial charge in [0.2, 0.25) is 0 Å². The Morgan fingerprint density at radius 3 is 2.95 bits per heavy atom. The number of nitrogens with one attached hydrogen (secondary N) is 2. The molecule has 3 heteroatoms. The lowest BCUT2D eigenvalue weighted by atomic mass is 9.96. The number of fused-ring (bicyclic) bond motifs is 2. The molecule has 20 heavy (non-hydrogen) atoms. The van der Waals surface area contributed by atoms with E-state index in [1.165, 1.54) is 35.9 Å². The van der Waals surface area contributed by atoms with E-state index < -0.39 is 0 Å². The van der Waals surface area contributed by atoms with E-state index in [1.54, 1.807) is 0 Å². The second-order valence-electron chi connectivity index (χ2n) is 5.41. The van der Waals surface area contributed by atoms with Gasteiger partial charge in [0.1, 0.15) is 5.82 Å². The van der Waals surface area contributed by atoms with Gasteiger partial charge in [0, 0.05) is 23.1 Å². The third kappa shape index (κ3) is 2.05. The Labute approximate surface area is 118 Å². The van der Waals surface area contributed by atoms with Crippen molar-refractivity contribution in [2.24, 2.45) is 0 Å². The van der Waals surface area contributed by atoms with Crippen LogP contribution in [0, 0.1) is 0 Å². The van der Waals surface area contributed by atoms with Crippen LogP contribution in [0.1, 0.15) is 24.1 Å². The van der Waals surface area contributed by atoms with Crippen molar-refractivity contribution >= 4 is 22.4 Å². The molecule has 2 aromatic heterocycles. The molecule has 0 radical (unpaired) electrons. The van der Waals surface area contributed by atoms with Crippen molar-refractivity contribution in [1.82, 2.24) is 9.97 Å². The van der Waals surface area contributed by atoms with Crippen LogP contribution in [0.4, 0.5) is 11.5 Å². The first kappa shape index (κ1) is 11.5. The van der Waals surface area contributed by atoms with Gasteiger partial charge in [-0.2, -0.15) is 0 Å². The van der Waals surface area contributed by atoms with E-state index in [9.17, 15) is 0 Å². The Balaban J connectivity index is 1.64. The maximum Gasteiger partial charge on any atom is 0.130 e. The van der Waals surface area contributed by atoms with Gasteiger partial charge >= 0.3 is 0 Å². The quantitative estimate of drug-likeness (QED) is 0.728. The molecular formula is C17H17N3. The first-order valence-electron chi connectivity index (χ1n) is 7.21. The molecule has 3 aromatic rings. The molecule has 0 unspecified atom stereocenters. The van der Waals surface area contributed by atoms with E-state index in [0.29, 0.717) is 0 Å². The van der Waals surface area contributed by atoms with Crippen LogP contribution in [-0.2, 0) is 12.8 Å². The number of nitrogens with zero attached hydrogens (tertiary/aromatic N) is 1. The predicted octanol–water partition coefficient (Wildman–Crippen LogP) is 4.19. The summed E-state index contributed by atoms with van der Waals surface area (Å²) in [7, 11) is 0. The van der Waals surface area contributed by atoms with E-state index in [1.807, 2.05) is 6.20 Å². The van der Waals surface area contributed by atoms with Crippen LogP contribution in [0.2, 0.25) is 0 Å². The van der Waals surface area contributed by atoms with Gasteiger partial charge in [-0.1, -0.05) is 12.1 Å². The molecule has 100 valence electrons. The van der Waals surface area contributed by atoms with Gasteiger partial charge in [-0.25, -0.2) is 4.98 Å². The monoisotopic (exact) mass is 263 g/mol. The molecule has 2 heterocycles. The highest BCUT2D eigenvalue weighted by Gasteiger charge is 2.11. The molecule has 0 saturated carbocycles. The number of rotatable bonds is 2. The Hall–Kier alpha value is -2.29. The molecule has 0 atom stereocenters. The molecule has 1 aromatic carbocycles. The maximum atomic E-state index is 4.75. The molecule has 0 spiro atoms. The Kier molecular flexibility index (Phi) is 2.69. The summed E-state index contributed by atoms with van der Waals surface area (Å²) in [5, 5.41) is 4.64. The maximum absolute atomic E-state index is 4.75. The van der Waals surface area contributed by atoms with Crippen molar-refractivity contribution in [3.05, 3.63) is 53.9 Å². The van der Waals surface area contributed by atoms with Crippen molar-refractivity contribution in [3.63, 3.8) is 0 Å². The fourth-order valence-electron chi connectivity index (χ4n) is 2.93. The smallest absolute Gasteiger partial charge is 0.130 e. The highest BCUT2D eigenvalue weighted by molar-refractivity contribution is 5.83. The summed E-state index contributed by atoms with van der Waals surface area (Å²) in [6.07, 6.45) is 6.81. The van der Waals surface area contributed by atoms with Crippen LogP contribution in [0.15, 0.2) is 42.6 Å². The van der Waals surface area contributed by atoms with Crippen LogP contribution in [0.3, 0.4) is 0 Å². The Morgan fingerprint density at radius 2 is 1.95 bits per heavy atom. The predicted molar refractivity (Wildman–Crippen MR) is 82.5 cm³/mol. The first-order chi connectivity index (χ1) is 9.88. The average molecular weight is 263 g/mol. The molecule has 0 fully saturated rings. The number of hydrogen-bond donors (Lipinski definition) is 2. The topological polar surface area (TPSA) is 40.7 Å². The summed E-state index contributed by atoms with van der Waals surface area (Å²) in [6.45, 7) is 0. The van der Waals surface area contributed by atoms with Crippen LogP contribution in [0.5, 0.6) is 0 Å². The van der Waals surface area contributed by atoms with Gasteiger partial charge in [-0.15, -0.1) is 0 Å². The summed E-state index contributed by atoms with van der Waals surface area (Å²) in [6, 6.07) is 12.7. The highest BCUT2D eigenvalue weighted by Crippen LogP contribution is 2.24. The second-order valence-corrected chi connectivity index (χ2v) is 5.41. The zero-order valence-electron chi connectivity index (χ0n) is 11.3. The summed E-state index contributed by atoms with van der Waals surface area (Å²) >= 11 is 0. The summed E-state index contributed by atoms with van der Waals surface area (Å²) in [4.78, 5) is 7.99. The van der Waals surface area contributed by atoms with Gasteiger partial charge in [0.25, 0.3) is 0 Å². The fourth-order valence-corrected chi connectivity index (χ4v) is 2.93. The van der Waals surface area contributed by atoms with Crippen molar-refractivity contribution in [1.29, 1.82) is 0 Å². The molecule has 3 nitrogen and oxygen atoms in total. The van der Waals surface area contributed by atoms with Crippen molar-refractivity contribution < 1.29 is 0 Å². The molecule has 0 aliphatic heterocycles. The summed E-state index contributed by atoms with van der Waals surface area (Å²) in [5.74, 6) is 0.941. The van der Waals surface area contributed by atoms with Gasteiger partial charge in [-0.3, -0.25) is 0 Å². The van der Waals surface area contributed by atoms with Crippen LogP contribution in [-0.4, -0.2) is 9.97 Å². The fraction of sp³-hybridized carbons (Fsp3) is 0.235. The van der Waals surface area contributed by atoms with Gasteiger partial charge in [0.15, 0.2) is 0 Å². The first-order valence-corrected chi connectivity index (χ1v) is 7.21. The third-order valence-electron chi connectivity index (χ3n) is 4.01. The molecule has 0 amide bonds. The summed E-state index contributed by atoms with van der Waals surface area (Å²) < 4.78 is 0. The van der Waals surface area contributed by atoms with Gasteiger partial charge < -0.3 is 10.3 Å². The highest BCUT2D eigenvalue weighted by atomic mass is 15.0. The second kappa shape index (κ2) is 4.67. The molecule has 1 aliphatic rings. The molecule has 4 rings (SSSR count). The zero-order chi connectivity index (χ0) is 13.4. The van der Waals surface area contributed by atoms with Crippen molar-refractivity contribution in [2.75, 3.05) is 5.32 Å². The van der Waals surface area contributed by atoms with Crippen LogP contribution >= 0.6 is 0 Å². The number of benzene rings is 1. The van der Waals surface area contributed by atoms with E-state index in [2.05, 4.69) is 46.7 Å². The van der Waals surface area contributed by atoms with Crippen molar-refractivity contribution in [2.45, 2.75) is 25.7 Å². The minimum atomic E-state index is 0.941. The minimum absolute atomic E-state index is 0.941. The van der Waals surface area contributed by atoms with E-state index >= 15 is 0 Å². The lowest BCUT2D eigenvalue weighted by Crippen LogP contribution is -2.06. The largest absolute Gasteiger partial charge is 0.361 e. The van der Waals surface area contributed by atoms with Gasteiger partial charge in [-0.05, 0) is 60.9 Å². The number of H-pyrrole nitrogens is 1. The molecule has 0 bridgehead atoms. The third-order valence-corrected chi connectivity index (χ3v) is 4.01. The Morgan fingerprint density at radius 1 is 1.00 bits per heavy atom. The minimum Gasteiger partial charge on any atom is -0.361 e. The number of anilines is 2. The molecular weight excluding hydrogens is 246 g/mol.